The SMILES string of the molecule is C/C=C(/C)C(=O)O[C@@H]1[C@@H](O)[C@@H](O)[C@H](O[C@H]2[C@H](OC(C)=O)[C@@]3(CO)C(CC2(C)C)C2=CCC4[C@@]5(C)CC[C@H](O[C@@H]6O[C@H](C(=O)O)[C@@H](O)[C@H](O[C@@H]7O[C@@H](CO)[C@H](O)[C@H]7O)[C@H]6O[C@@H]6O[C@H](CO)[C@H](O)[C@H](O)[C@H]6O)C(C)(C)C5CC[C@@]4(C)[C@]2(C)C[C@H]3O)O[C@H]1C. The lowest BCUT2D eigenvalue weighted by atomic mass is 9.33. The van der Waals surface area contributed by atoms with Crippen LogP contribution in [0.15, 0.2) is 23.3 Å². The molecule has 0 aromatic rings. The van der Waals surface area contributed by atoms with E-state index in [-0.39, 0.29) is 23.8 Å². The van der Waals surface area contributed by atoms with Crippen molar-refractivity contribution in [2.24, 2.45) is 50.2 Å². The maximum atomic E-state index is 13.3. The zero-order valence-electron chi connectivity index (χ0n) is 50.9. The van der Waals surface area contributed by atoms with E-state index in [9.17, 15) is 80.8 Å². The minimum Gasteiger partial charge on any atom is -0.479 e. The van der Waals surface area contributed by atoms with Crippen molar-refractivity contribution in [2.75, 3.05) is 19.8 Å². The second kappa shape index (κ2) is 24.6. The average Bonchev–Trinajstić information content (AvgIpc) is 0.734. The molecule has 0 radical (unpaired) electrons. The Bertz CT molecular complexity index is 2530. The van der Waals surface area contributed by atoms with Crippen molar-refractivity contribution in [1.29, 1.82) is 0 Å². The standard InChI is InChI=1S/C60H94O26/c1-12-24(2)50(76)82-43-25(3)77-51(41(72)38(43)69)86-47-48(78-26(4)64)60(23-63)28(19-55(47,5)6)27-13-14-32-57(9)17-16-34(56(7,8)31(57)15-18-58(32,10)59(27,11)20-33(60)65)81-54-46(85-53-40(71)37(68)35(66)29(21-61)79-53)44(42(73)45(84-54)49(74)75)83-52-39(70)36(67)30(22-62)80-52/h12-13,25,28-48,51-54,61-63,65-73H,14-23H2,1-11H3,(H,74,75)/b24-12-/t25-,28?,29+,30-,31?,32?,33+,34-,35-,36-,37-,38-,39+,40+,41+,42-,43-,44-,45-,46+,47-,48-,51-,52-,53-,54+,57-,58+,59+,60-/m0/s1. The van der Waals surface area contributed by atoms with E-state index in [1.165, 1.54) is 6.92 Å². The molecule has 9 aliphatic rings. The number of esters is 2. The number of hydrogen-bond donors (Lipinski definition) is 13. The smallest absolute Gasteiger partial charge is 0.335 e. The Morgan fingerprint density at radius 3 is 1.79 bits per heavy atom. The van der Waals surface area contributed by atoms with Crippen molar-refractivity contribution < 1.29 is 128 Å². The van der Waals surface area contributed by atoms with Gasteiger partial charge < -0.3 is 114 Å². The molecule has 0 amide bonds. The van der Waals surface area contributed by atoms with Crippen LogP contribution in [0.2, 0.25) is 0 Å². The first-order chi connectivity index (χ1) is 40.1. The molecule has 4 heterocycles. The van der Waals surface area contributed by atoms with Gasteiger partial charge in [-0.3, -0.25) is 4.79 Å². The molecule has 490 valence electrons. The molecule has 8 fully saturated rings. The second-order valence-electron chi connectivity index (χ2n) is 28.0. The molecule has 4 saturated heterocycles. The Balaban J connectivity index is 1.00. The monoisotopic (exact) mass is 1230 g/mol. The van der Waals surface area contributed by atoms with E-state index < -0.39 is 217 Å². The Labute approximate surface area is 500 Å². The number of rotatable bonds is 15. The van der Waals surface area contributed by atoms with Crippen molar-refractivity contribution in [3.8, 4) is 0 Å². The Morgan fingerprint density at radius 2 is 1.21 bits per heavy atom. The molecule has 4 saturated carbocycles. The van der Waals surface area contributed by atoms with Crippen LogP contribution in [0.3, 0.4) is 0 Å². The molecule has 5 aliphatic carbocycles. The molecule has 26 nitrogen and oxygen atoms in total. The van der Waals surface area contributed by atoms with Crippen LogP contribution in [-0.4, -0.2) is 245 Å². The summed E-state index contributed by atoms with van der Waals surface area (Å²) in [6.45, 7) is 18.4. The molecule has 3 unspecified atom stereocenters. The fourth-order valence-corrected chi connectivity index (χ4v) is 17.5. The van der Waals surface area contributed by atoms with E-state index in [0.717, 1.165) is 5.57 Å². The number of carbonyl (C=O) groups excluding carboxylic acids is 2. The molecular formula is C60H94O26. The summed E-state index contributed by atoms with van der Waals surface area (Å²) >= 11 is 0. The summed E-state index contributed by atoms with van der Waals surface area (Å²) in [5.41, 5.74) is -3.53. The number of carboxylic acids is 1. The fourth-order valence-electron chi connectivity index (χ4n) is 17.5. The number of aliphatic hydroxyl groups is 12. The molecule has 0 spiro atoms. The van der Waals surface area contributed by atoms with Crippen LogP contribution in [0.5, 0.6) is 0 Å². The first-order valence-electron chi connectivity index (χ1n) is 30.3. The third kappa shape index (κ3) is 10.9. The van der Waals surface area contributed by atoms with Crippen LogP contribution in [0.1, 0.15) is 121 Å². The summed E-state index contributed by atoms with van der Waals surface area (Å²) in [6.07, 6.45) is -29.9. The van der Waals surface area contributed by atoms with Gasteiger partial charge in [0.1, 0.15) is 85.5 Å². The molecule has 9 rings (SSSR count). The summed E-state index contributed by atoms with van der Waals surface area (Å²) < 4.78 is 61.2. The van der Waals surface area contributed by atoms with Crippen molar-refractivity contribution in [1.82, 2.24) is 0 Å². The lowest BCUT2D eigenvalue weighted by molar-refractivity contribution is -0.386. The van der Waals surface area contributed by atoms with Crippen LogP contribution in [0.4, 0.5) is 0 Å². The highest BCUT2D eigenvalue weighted by molar-refractivity contribution is 5.87. The van der Waals surface area contributed by atoms with Gasteiger partial charge in [-0.25, -0.2) is 9.59 Å². The van der Waals surface area contributed by atoms with Gasteiger partial charge in [-0.05, 0) is 111 Å². The zero-order chi connectivity index (χ0) is 63.5. The zero-order valence-corrected chi connectivity index (χ0v) is 50.9. The van der Waals surface area contributed by atoms with Gasteiger partial charge in [0.2, 0.25) is 0 Å². The normalized spacial score (nSPS) is 50.8. The summed E-state index contributed by atoms with van der Waals surface area (Å²) in [7, 11) is 0. The van der Waals surface area contributed by atoms with E-state index in [0.29, 0.717) is 38.5 Å². The summed E-state index contributed by atoms with van der Waals surface area (Å²) in [5, 5.41) is 144. The molecule has 26 heteroatoms. The molecule has 4 aliphatic heterocycles. The first-order valence-corrected chi connectivity index (χ1v) is 30.3. The number of hydrogen-bond acceptors (Lipinski definition) is 25. The van der Waals surface area contributed by atoms with Crippen molar-refractivity contribution in [3.63, 3.8) is 0 Å². The number of allylic oxidation sites excluding steroid dienone is 3. The third-order valence-electron chi connectivity index (χ3n) is 22.6. The van der Waals surface area contributed by atoms with Gasteiger partial charge >= 0.3 is 17.9 Å². The number of fused-ring (bicyclic) bond motifs is 7. The van der Waals surface area contributed by atoms with Gasteiger partial charge in [-0.1, -0.05) is 66.2 Å². The number of aliphatic carboxylic acids is 1. The van der Waals surface area contributed by atoms with Crippen LogP contribution >= 0.6 is 0 Å². The van der Waals surface area contributed by atoms with Crippen molar-refractivity contribution in [3.05, 3.63) is 23.3 Å². The van der Waals surface area contributed by atoms with Gasteiger partial charge in [-0.15, -0.1) is 0 Å². The lowest BCUT2D eigenvalue weighted by Gasteiger charge is -2.72. The highest BCUT2D eigenvalue weighted by atomic mass is 16.8. The summed E-state index contributed by atoms with van der Waals surface area (Å²) in [6, 6.07) is 0. The molecule has 13 N–H and O–H groups in total. The van der Waals surface area contributed by atoms with Gasteiger partial charge in [-0.2, -0.15) is 0 Å². The quantitative estimate of drug-likeness (QED) is 0.0413. The Hall–Kier alpha value is -2.91. The molecule has 86 heavy (non-hydrogen) atoms. The topological polar surface area (TPSA) is 407 Å². The molecule has 0 aromatic heterocycles. The third-order valence-corrected chi connectivity index (χ3v) is 22.6. The van der Waals surface area contributed by atoms with E-state index >= 15 is 0 Å². The van der Waals surface area contributed by atoms with Gasteiger partial charge in [0.05, 0.1) is 43.5 Å². The van der Waals surface area contributed by atoms with E-state index in [1.54, 1.807) is 26.8 Å². The number of carbonyl (C=O) groups is 3. The predicted molar refractivity (Wildman–Crippen MR) is 293 cm³/mol. The number of aliphatic hydroxyl groups excluding tert-OH is 12. The van der Waals surface area contributed by atoms with Crippen LogP contribution < -0.4 is 0 Å². The minimum atomic E-state index is -2.12. The summed E-state index contributed by atoms with van der Waals surface area (Å²) in [4.78, 5) is 39.0. The van der Waals surface area contributed by atoms with Crippen molar-refractivity contribution in [2.45, 2.75) is 262 Å². The maximum absolute atomic E-state index is 13.3. The number of carboxylic acid groups (broad SMARTS) is 1. The molecule has 0 bridgehead atoms. The highest BCUT2D eigenvalue weighted by Crippen LogP contribution is 2.76. The van der Waals surface area contributed by atoms with Crippen LogP contribution in [0.25, 0.3) is 0 Å². The summed E-state index contributed by atoms with van der Waals surface area (Å²) in [5.74, 6) is -3.74. The highest BCUT2D eigenvalue weighted by Gasteiger charge is 2.74. The molecule has 30 atom stereocenters. The van der Waals surface area contributed by atoms with E-state index in [2.05, 4.69) is 26.8 Å². The molecule has 0 aromatic carbocycles. The van der Waals surface area contributed by atoms with Gasteiger partial charge in [0.25, 0.3) is 0 Å². The maximum Gasteiger partial charge on any atom is 0.335 e. The molecular weight excluding hydrogens is 1140 g/mol. The Morgan fingerprint density at radius 1 is 0.628 bits per heavy atom. The van der Waals surface area contributed by atoms with Crippen LogP contribution in [-0.2, 0) is 61.8 Å². The van der Waals surface area contributed by atoms with Crippen molar-refractivity contribution >= 4 is 17.9 Å². The lowest BCUT2D eigenvalue weighted by Crippen LogP contribution is -2.73. The van der Waals surface area contributed by atoms with Gasteiger partial charge in [0.15, 0.2) is 37.4 Å². The Kier molecular flexibility index (Phi) is 19.3. The van der Waals surface area contributed by atoms with Gasteiger partial charge in [0, 0.05) is 12.5 Å². The minimum absolute atomic E-state index is 0.0229. The average molecular weight is 1230 g/mol. The van der Waals surface area contributed by atoms with Crippen LogP contribution in [0, 0.1) is 50.2 Å². The first kappa shape index (κ1) is 67.5. The number of ether oxygens (including phenoxy) is 10. The van der Waals surface area contributed by atoms with E-state index in [4.69, 9.17) is 47.4 Å². The predicted octanol–water partition coefficient (Wildman–Crippen LogP) is -0.803. The second-order valence-corrected chi connectivity index (χ2v) is 28.0. The fraction of sp³-hybridized carbons (Fsp3) is 0.883. The van der Waals surface area contributed by atoms with E-state index in [1.807, 2.05) is 27.7 Å². The largest absolute Gasteiger partial charge is 0.479 e.